The lowest BCUT2D eigenvalue weighted by Gasteiger charge is -2.16. The van der Waals surface area contributed by atoms with E-state index >= 15 is 0 Å². The van der Waals surface area contributed by atoms with E-state index in [1.54, 1.807) is 31.3 Å². The van der Waals surface area contributed by atoms with E-state index in [9.17, 15) is 14.4 Å². The zero-order valence-corrected chi connectivity index (χ0v) is 15.5. The van der Waals surface area contributed by atoms with E-state index in [0.29, 0.717) is 16.8 Å². The normalized spacial score (nSPS) is 12.8. The third-order valence-electron chi connectivity index (χ3n) is 4.91. The maximum atomic E-state index is 12.4. The second-order valence-corrected chi connectivity index (χ2v) is 6.82. The van der Waals surface area contributed by atoms with E-state index in [2.05, 4.69) is 16.7 Å². The van der Waals surface area contributed by atoms with Crippen LogP contribution in [0.3, 0.4) is 0 Å². The molecule has 1 aliphatic carbocycles. The molecule has 2 aromatic rings. The average molecular weight is 364 g/mol. The second-order valence-electron chi connectivity index (χ2n) is 6.82. The third-order valence-corrected chi connectivity index (χ3v) is 4.91. The van der Waals surface area contributed by atoms with Crippen molar-refractivity contribution in [3.8, 4) is 0 Å². The Morgan fingerprint density at radius 2 is 1.52 bits per heavy atom. The number of carbonyl (C=O) groups is 3. The molecule has 27 heavy (non-hydrogen) atoms. The predicted octanol–water partition coefficient (Wildman–Crippen LogP) is 3.53. The molecule has 140 valence electrons. The Kier molecular flexibility index (Phi) is 6.01. The lowest BCUT2D eigenvalue weighted by atomic mass is 9.89. The summed E-state index contributed by atoms with van der Waals surface area (Å²) >= 11 is 0. The average Bonchev–Trinajstić information content (AvgIpc) is 2.71. The number of carbonyl (C=O) groups excluding carboxylic acids is 3. The van der Waals surface area contributed by atoms with Crippen LogP contribution in [-0.2, 0) is 17.6 Å². The topological polar surface area (TPSA) is 75.3 Å². The summed E-state index contributed by atoms with van der Waals surface area (Å²) in [6, 6.07) is 12.6. The van der Waals surface area contributed by atoms with Crippen molar-refractivity contribution in [2.45, 2.75) is 38.5 Å². The van der Waals surface area contributed by atoms with Gasteiger partial charge in [0.1, 0.15) is 0 Å². The quantitative estimate of drug-likeness (QED) is 0.770. The van der Waals surface area contributed by atoms with Crippen LogP contribution in [0.5, 0.6) is 0 Å². The van der Waals surface area contributed by atoms with Gasteiger partial charge < -0.3 is 10.6 Å². The lowest BCUT2D eigenvalue weighted by molar-refractivity contribution is -0.116. The van der Waals surface area contributed by atoms with E-state index in [4.69, 9.17) is 0 Å². The minimum absolute atomic E-state index is 0.00603. The van der Waals surface area contributed by atoms with Gasteiger partial charge in [-0.1, -0.05) is 12.1 Å². The fourth-order valence-corrected chi connectivity index (χ4v) is 3.35. The van der Waals surface area contributed by atoms with E-state index in [1.807, 2.05) is 12.1 Å². The Morgan fingerprint density at radius 3 is 2.22 bits per heavy atom. The molecular weight excluding hydrogens is 340 g/mol. The molecule has 2 amide bonds. The van der Waals surface area contributed by atoms with Crippen LogP contribution in [0.2, 0.25) is 0 Å². The Balaban J connectivity index is 1.53. The third kappa shape index (κ3) is 4.82. The van der Waals surface area contributed by atoms with Crippen LogP contribution in [0.1, 0.15) is 57.5 Å². The Labute approximate surface area is 159 Å². The van der Waals surface area contributed by atoms with Gasteiger partial charge >= 0.3 is 0 Å². The minimum atomic E-state index is -0.214. The molecule has 0 heterocycles. The molecule has 0 radical (unpaired) electrons. The van der Waals surface area contributed by atoms with Crippen molar-refractivity contribution in [1.82, 2.24) is 5.32 Å². The minimum Gasteiger partial charge on any atom is -0.355 e. The van der Waals surface area contributed by atoms with Crippen LogP contribution in [0.25, 0.3) is 0 Å². The molecule has 0 atom stereocenters. The molecule has 3 rings (SSSR count). The maximum absolute atomic E-state index is 12.4. The molecule has 0 saturated carbocycles. The molecule has 0 bridgehead atoms. The molecule has 0 fully saturated rings. The fourth-order valence-electron chi connectivity index (χ4n) is 3.35. The molecule has 0 saturated heterocycles. The molecule has 0 aromatic heterocycles. The second kappa shape index (κ2) is 8.62. The van der Waals surface area contributed by atoms with Crippen LogP contribution in [0.15, 0.2) is 42.5 Å². The summed E-state index contributed by atoms with van der Waals surface area (Å²) in [5, 5.41) is 5.30. The molecule has 5 heteroatoms. The Hall–Kier alpha value is -2.95. The van der Waals surface area contributed by atoms with Crippen LogP contribution in [0.4, 0.5) is 5.69 Å². The number of amides is 2. The number of aryl methyl sites for hydroxylation is 2. The number of Topliss-reactive ketones (excluding diaryl/α,β-unsaturated/α-hetero) is 1. The Morgan fingerprint density at radius 1 is 0.852 bits per heavy atom. The van der Waals surface area contributed by atoms with Gasteiger partial charge in [-0.05, 0) is 67.1 Å². The molecular formula is C22H24N2O3. The van der Waals surface area contributed by atoms with Crippen LogP contribution in [-0.4, -0.2) is 24.6 Å². The van der Waals surface area contributed by atoms with E-state index in [0.717, 1.165) is 12.8 Å². The highest BCUT2D eigenvalue weighted by molar-refractivity contribution is 6.00. The number of ketones is 1. The number of hydrogen-bond donors (Lipinski definition) is 2. The van der Waals surface area contributed by atoms with Crippen molar-refractivity contribution in [3.63, 3.8) is 0 Å². The smallest absolute Gasteiger partial charge is 0.251 e. The molecule has 2 aromatic carbocycles. The monoisotopic (exact) mass is 364 g/mol. The Bertz CT molecular complexity index is 856. The fraction of sp³-hybridized carbons (Fsp3) is 0.318. The summed E-state index contributed by atoms with van der Waals surface area (Å²) in [6.45, 7) is 0. The number of rotatable bonds is 6. The summed E-state index contributed by atoms with van der Waals surface area (Å²) in [6.07, 6.45) is 4.82. The lowest BCUT2D eigenvalue weighted by Crippen LogP contribution is -2.18. The van der Waals surface area contributed by atoms with Gasteiger partial charge in [-0.3, -0.25) is 14.4 Å². The van der Waals surface area contributed by atoms with Gasteiger partial charge in [0.2, 0.25) is 5.91 Å². The largest absolute Gasteiger partial charge is 0.355 e. The van der Waals surface area contributed by atoms with Crippen molar-refractivity contribution < 1.29 is 14.4 Å². The van der Waals surface area contributed by atoms with Gasteiger partial charge in [-0.2, -0.15) is 0 Å². The molecule has 5 nitrogen and oxygen atoms in total. The van der Waals surface area contributed by atoms with Gasteiger partial charge in [-0.25, -0.2) is 0 Å². The van der Waals surface area contributed by atoms with Crippen molar-refractivity contribution in [2.24, 2.45) is 0 Å². The van der Waals surface area contributed by atoms with Crippen LogP contribution >= 0.6 is 0 Å². The van der Waals surface area contributed by atoms with Gasteiger partial charge in [-0.15, -0.1) is 0 Å². The van der Waals surface area contributed by atoms with E-state index in [-0.39, 0.29) is 30.4 Å². The first-order valence-electron chi connectivity index (χ1n) is 9.34. The van der Waals surface area contributed by atoms with Crippen LogP contribution < -0.4 is 10.6 Å². The first-order chi connectivity index (χ1) is 13.1. The summed E-state index contributed by atoms with van der Waals surface area (Å²) in [5.74, 6) is -0.397. The molecule has 0 spiro atoms. The highest BCUT2D eigenvalue weighted by atomic mass is 16.2. The zero-order valence-electron chi connectivity index (χ0n) is 15.5. The van der Waals surface area contributed by atoms with Gasteiger partial charge in [0.25, 0.3) is 5.91 Å². The van der Waals surface area contributed by atoms with E-state index in [1.165, 1.54) is 24.0 Å². The molecule has 2 N–H and O–H groups in total. The standard InChI is InChI=1S/C22H24N2O3/c1-23-22(27)16-8-10-19(11-9-16)24-21(26)13-12-20(25)18-7-6-15-4-2-3-5-17(15)14-18/h6-11,14H,2-5,12-13H2,1H3,(H,23,27)(H,24,26). The summed E-state index contributed by atoms with van der Waals surface area (Å²) < 4.78 is 0. The number of benzene rings is 2. The summed E-state index contributed by atoms with van der Waals surface area (Å²) in [4.78, 5) is 36.0. The van der Waals surface area contributed by atoms with E-state index < -0.39 is 0 Å². The molecule has 0 unspecified atom stereocenters. The summed E-state index contributed by atoms with van der Waals surface area (Å²) in [7, 11) is 1.57. The van der Waals surface area contributed by atoms with Crippen LogP contribution in [0, 0.1) is 0 Å². The zero-order chi connectivity index (χ0) is 19.2. The number of nitrogens with one attached hydrogen (secondary N) is 2. The number of fused-ring (bicyclic) bond motifs is 1. The SMILES string of the molecule is CNC(=O)c1ccc(NC(=O)CCC(=O)c2ccc3c(c2)CCCC3)cc1. The summed E-state index contributed by atoms with van der Waals surface area (Å²) in [5.41, 5.74) is 4.44. The van der Waals surface area contributed by atoms with Crippen molar-refractivity contribution >= 4 is 23.3 Å². The van der Waals surface area contributed by atoms with Crippen molar-refractivity contribution in [2.75, 3.05) is 12.4 Å². The first-order valence-corrected chi connectivity index (χ1v) is 9.34. The maximum Gasteiger partial charge on any atom is 0.251 e. The van der Waals surface area contributed by atoms with Gasteiger partial charge in [0.05, 0.1) is 0 Å². The van der Waals surface area contributed by atoms with Gasteiger partial charge in [0, 0.05) is 36.7 Å². The highest BCUT2D eigenvalue weighted by Gasteiger charge is 2.14. The predicted molar refractivity (Wildman–Crippen MR) is 105 cm³/mol. The number of anilines is 1. The molecule has 1 aliphatic rings. The van der Waals surface area contributed by atoms with Crippen molar-refractivity contribution in [1.29, 1.82) is 0 Å². The number of hydrogen-bond acceptors (Lipinski definition) is 3. The highest BCUT2D eigenvalue weighted by Crippen LogP contribution is 2.23. The van der Waals surface area contributed by atoms with Crippen molar-refractivity contribution in [3.05, 3.63) is 64.7 Å². The van der Waals surface area contributed by atoms with Gasteiger partial charge in [0.15, 0.2) is 5.78 Å². The first kappa shape index (κ1) is 18.8. The molecule has 0 aliphatic heterocycles.